The minimum absolute atomic E-state index is 0.215. The zero-order valence-corrected chi connectivity index (χ0v) is 7.00. The van der Waals surface area contributed by atoms with Crippen LogP contribution in [0.5, 0.6) is 0 Å². The van der Waals surface area contributed by atoms with Gasteiger partial charge in [-0.2, -0.15) is 12.6 Å². The lowest BCUT2D eigenvalue weighted by Crippen LogP contribution is -2.23. The number of hydrogen-bond donors (Lipinski definition) is 1. The Bertz CT molecular complexity index is 160. The van der Waals surface area contributed by atoms with Crippen molar-refractivity contribution in [1.29, 1.82) is 0 Å². The van der Waals surface area contributed by atoms with E-state index < -0.39 is 4.21 Å². The average molecular weight is 181 g/mol. The van der Waals surface area contributed by atoms with Crippen LogP contribution in [0.1, 0.15) is 0 Å². The summed E-state index contributed by atoms with van der Waals surface area (Å²) < 4.78 is -0.698. The van der Waals surface area contributed by atoms with E-state index in [1.165, 1.54) is 0 Å². The molecule has 2 unspecified atom stereocenters. The van der Waals surface area contributed by atoms with E-state index in [2.05, 4.69) is 12.6 Å². The van der Waals surface area contributed by atoms with Crippen molar-refractivity contribution in [3.05, 3.63) is 24.3 Å². The summed E-state index contributed by atoms with van der Waals surface area (Å²) in [5, 5.41) is -0.215. The van der Waals surface area contributed by atoms with Gasteiger partial charge in [0, 0.05) is 0 Å². The van der Waals surface area contributed by atoms with Gasteiger partial charge in [0.2, 0.25) is 0 Å². The van der Waals surface area contributed by atoms with Crippen LogP contribution >= 0.6 is 35.8 Å². The Hall–Kier alpha value is 0.410. The molecule has 0 aliphatic heterocycles. The third kappa shape index (κ3) is 1.66. The Kier molecular flexibility index (Phi) is 2.14. The molecule has 0 bridgehead atoms. The second-order valence-corrected chi connectivity index (χ2v) is 3.97. The molecule has 0 spiro atoms. The Morgan fingerprint density at radius 2 is 2.11 bits per heavy atom. The fourth-order valence-corrected chi connectivity index (χ4v) is 1.05. The number of halogens is 2. The maximum Gasteiger partial charge on any atom is 0.125 e. The molecule has 3 heteroatoms. The van der Waals surface area contributed by atoms with E-state index in [0.717, 1.165) is 0 Å². The Morgan fingerprint density at radius 3 is 2.44 bits per heavy atom. The lowest BCUT2D eigenvalue weighted by atomic mass is 10.2. The highest BCUT2D eigenvalue weighted by molar-refractivity contribution is 7.83. The van der Waals surface area contributed by atoms with Crippen molar-refractivity contribution in [1.82, 2.24) is 0 Å². The van der Waals surface area contributed by atoms with E-state index in [4.69, 9.17) is 23.2 Å². The van der Waals surface area contributed by atoms with Gasteiger partial charge in [0.05, 0.1) is 5.38 Å². The number of hydrogen-bond acceptors (Lipinski definition) is 1. The summed E-state index contributed by atoms with van der Waals surface area (Å²) in [5.74, 6) is 0. The van der Waals surface area contributed by atoms with Gasteiger partial charge in [-0.25, -0.2) is 0 Å². The van der Waals surface area contributed by atoms with Gasteiger partial charge in [-0.3, -0.25) is 0 Å². The standard InChI is InChI=1S/C6H6Cl2S/c7-5-3-1-2-4-6(5,8)9/h1-5,9H. The molecule has 2 atom stereocenters. The highest BCUT2D eigenvalue weighted by Gasteiger charge is 2.27. The van der Waals surface area contributed by atoms with Crippen LogP contribution in [0.25, 0.3) is 0 Å². The van der Waals surface area contributed by atoms with Gasteiger partial charge >= 0.3 is 0 Å². The first-order valence-corrected chi connectivity index (χ1v) is 3.80. The van der Waals surface area contributed by atoms with Gasteiger partial charge < -0.3 is 0 Å². The van der Waals surface area contributed by atoms with Crippen molar-refractivity contribution in [3.8, 4) is 0 Å². The van der Waals surface area contributed by atoms with Crippen molar-refractivity contribution >= 4 is 35.8 Å². The van der Waals surface area contributed by atoms with Crippen LogP contribution in [0.15, 0.2) is 24.3 Å². The smallest absolute Gasteiger partial charge is 0.125 e. The van der Waals surface area contributed by atoms with Gasteiger partial charge in [-0.15, -0.1) is 23.2 Å². The molecule has 0 saturated heterocycles. The maximum absolute atomic E-state index is 5.82. The lowest BCUT2D eigenvalue weighted by Gasteiger charge is -2.21. The molecule has 1 rings (SSSR count). The second-order valence-electron chi connectivity index (χ2n) is 1.87. The topological polar surface area (TPSA) is 0 Å². The molecule has 0 radical (unpaired) electrons. The molecule has 0 fully saturated rings. The first-order valence-electron chi connectivity index (χ1n) is 2.54. The van der Waals surface area contributed by atoms with E-state index in [-0.39, 0.29) is 5.38 Å². The molecular formula is C6H6Cl2S. The van der Waals surface area contributed by atoms with Crippen LogP contribution < -0.4 is 0 Å². The van der Waals surface area contributed by atoms with Gasteiger partial charge in [-0.1, -0.05) is 24.3 Å². The van der Waals surface area contributed by atoms with Gasteiger partial charge in [0.15, 0.2) is 0 Å². The zero-order chi connectivity index (χ0) is 6.91. The Balaban J connectivity index is 2.78. The lowest BCUT2D eigenvalue weighted by molar-refractivity contribution is 0.992. The summed E-state index contributed by atoms with van der Waals surface area (Å²) in [4.78, 5) is 0. The normalized spacial score (nSPS) is 41.4. The zero-order valence-electron chi connectivity index (χ0n) is 4.59. The molecular weight excluding hydrogens is 175 g/mol. The largest absolute Gasteiger partial charge is 0.151 e. The summed E-state index contributed by atoms with van der Waals surface area (Å²) >= 11 is 15.7. The van der Waals surface area contributed by atoms with Crippen LogP contribution in [0, 0.1) is 0 Å². The van der Waals surface area contributed by atoms with Crippen LogP contribution in [-0.4, -0.2) is 9.58 Å². The molecule has 0 nitrogen and oxygen atoms in total. The van der Waals surface area contributed by atoms with Crippen LogP contribution in [0.3, 0.4) is 0 Å². The molecule has 0 aromatic heterocycles. The number of rotatable bonds is 0. The highest BCUT2D eigenvalue weighted by atomic mass is 35.5. The predicted molar refractivity (Wildman–Crippen MR) is 45.5 cm³/mol. The Labute approximate surface area is 69.9 Å². The van der Waals surface area contributed by atoms with Crippen molar-refractivity contribution in [2.45, 2.75) is 9.58 Å². The third-order valence-corrected chi connectivity index (χ3v) is 2.65. The van der Waals surface area contributed by atoms with E-state index in [0.29, 0.717) is 0 Å². The van der Waals surface area contributed by atoms with Crippen molar-refractivity contribution in [2.24, 2.45) is 0 Å². The molecule has 50 valence electrons. The molecule has 0 N–H and O–H groups in total. The molecule has 1 aliphatic rings. The minimum atomic E-state index is -0.698. The monoisotopic (exact) mass is 180 g/mol. The molecule has 1 aliphatic carbocycles. The van der Waals surface area contributed by atoms with Crippen LogP contribution in [0.2, 0.25) is 0 Å². The molecule has 0 aromatic carbocycles. The minimum Gasteiger partial charge on any atom is -0.151 e. The van der Waals surface area contributed by atoms with E-state index in [9.17, 15) is 0 Å². The van der Waals surface area contributed by atoms with Crippen molar-refractivity contribution < 1.29 is 0 Å². The molecule has 0 amide bonds. The predicted octanol–water partition coefficient (Wildman–Crippen LogP) is 2.58. The molecule has 0 saturated carbocycles. The first-order chi connectivity index (χ1) is 4.13. The highest BCUT2D eigenvalue weighted by Crippen LogP contribution is 2.33. The van der Waals surface area contributed by atoms with E-state index in [1.807, 2.05) is 18.2 Å². The number of thiol groups is 1. The summed E-state index contributed by atoms with van der Waals surface area (Å²) in [6, 6.07) is 0. The summed E-state index contributed by atoms with van der Waals surface area (Å²) in [6.07, 6.45) is 7.25. The fraction of sp³-hybridized carbons (Fsp3) is 0.333. The van der Waals surface area contributed by atoms with Gasteiger partial charge in [0.1, 0.15) is 4.21 Å². The first kappa shape index (κ1) is 7.52. The SMILES string of the molecule is SC1(Cl)C=CC=CC1Cl. The molecule has 9 heavy (non-hydrogen) atoms. The van der Waals surface area contributed by atoms with E-state index >= 15 is 0 Å². The maximum atomic E-state index is 5.82. The average Bonchev–Trinajstić information content (AvgIpc) is 1.77. The molecule has 0 heterocycles. The quantitative estimate of drug-likeness (QED) is 0.431. The van der Waals surface area contributed by atoms with Gasteiger partial charge in [-0.05, 0) is 0 Å². The summed E-state index contributed by atoms with van der Waals surface area (Å²) in [7, 11) is 0. The summed E-state index contributed by atoms with van der Waals surface area (Å²) in [6.45, 7) is 0. The number of allylic oxidation sites excluding steroid dienone is 3. The third-order valence-electron chi connectivity index (χ3n) is 1.11. The van der Waals surface area contributed by atoms with Gasteiger partial charge in [0.25, 0.3) is 0 Å². The second kappa shape index (κ2) is 2.57. The van der Waals surface area contributed by atoms with Crippen LogP contribution in [-0.2, 0) is 0 Å². The van der Waals surface area contributed by atoms with Crippen molar-refractivity contribution in [2.75, 3.05) is 0 Å². The van der Waals surface area contributed by atoms with Crippen molar-refractivity contribution in [3.63, 3.8) is 0 Å². The Morgan fingerprint density at radius 1 is 1.44 bits per heavy atom. The molecule has 0 aromatic rings. The number of alkyl halides is 2. The van der Waals surface area contributed by atoms with E-state index in [1.54, 1.807) is 6.08 Å². The summed E-state index contributed by atoms with van der Waals surface area (Å²) in [5.41, 5.74) is 0. The van der Waals surface area contributed by atoms with Crippen LogP contribution in [0.4, 0.5) is 0 Å². The fourth-order valence-electron chi connectivity index (χ4n) is 0.579.